The number of rotatable bonds is 7. The molecule has 1 fully saturated rings. The van der Waals surface area contributed by atoms with Gasteiger partial charge in [-0.15, -0.1) is 0 Å². The van der Waals surface area contributed by atoms with E-state index in [1.54, 1.807) is 53.7 Å². The Morgan fingerprint density at radius 1 is 1.03 bits per heavy atom. The topological polar surface area (TPSA) is 160 Å². The number of benzene rings is 1. The van der Waals surface area contributed by atoms with Crippen molar-refractivity contribution < 1.29 is 28.7 Å². The summed E-state index contributed by atoms with van der Waals surface area (Å²) in [4.78, 5) is 50.9. The fraction of sp³-hybridized carbons (Fsp3) is 0.583. The molecular formula is C24H35N6O6. The van der Waals surface area contributed by atoms with Gasteiger partial charge in [0, 0.05) is 43.3 Å². The van der Waals surface area contributed by atoms with Gasteiger partial charge in [0.05, 0.1) is 0 Å². The number of hydrogen-bond acceptors (Lipinski definition) is 9. The first-order valence-corrected chi connectivity index (χ1v) is 11.5. The van der Waals surface area contributed by atoms with Crippen LogP contribution >= 0.6 is 0 Å². The molecule has 2 N–H and O–H groups in total. The van der Waals surface area contributed by atoms with Gasteiger partial charge in [-0.05, 0) is 65.1 Å². The summed E-state index contributed by atoms with van der Waals surface area (Å²) in [7, 11) is 0. The Labute approximate surface area is 211 Å². The Morgan fingerprint density at radius 3 is 2.00 bits per heavy atom. The lowest BCUT2D eigenvalue weighted by atomic mass is 10.00. The van der Waals surface area contributed by atoms with Gasteiger partial charge < -0.3 is 14.4 Å². The van der Waals surface area contributed by atoms with Crippen molar-refractivity contribution in [1.29, 1.82) is 0 Å². The number of azide groups is 1. The number of nitrogens with zero attached hydrogens (tertiary/aromatic N) is 5. The molecule has 1 aromatic carbocycles. The summed E-state index contributed by atoms with van der Waals surface area (Å²) in [6.07, 6.45) is 0. The number of amides is 1. The van der Waals surface area contributed by atoms with Crippen LogP contribution in [0.3, 0.4) is 0 Å². The Hall–Kier alpha value is -3.18. The molecular weight excluding hydrogens is 468 g/mol. The van der Waals surface area contributed by atoms with E-state index in [4.69, 9.17) is 25.7 Å². The average Bonchev–Trinajstić information content (AvgIpc) is 2.74. The zero-order chi connectivity index (χ0) is 27.3. The van der Waals surface area contributed by atoms with Crippen molar-refractivity contribution in [3.05, 3.63) is 46.7 Å². The highest BCUT2D eigenvalue weighted by molar-refractivity contribution is 6.23. The highest BCUT2D eigenvalue weighted by Gasteiger charge is 2.61. The third kappa shape index (κ3) is 7.17. The van der Waals surface area contributed by atoms with E-state index in [0.717, 1.165) is 11.1 Å². The smallest absolute Gasteiger partial charge is 0.363 e. The molecule has 12 heteroatoms. The second-order valence-corrected chi connectivity index (χ2v) is 10.5. The van der Waals surface area contributed by atoms with Crippen molar-refractivity contribution in [2.75, 3.05) is 26.2 Å². The molecule has 1 heterocycles. The molecule has 0 unspecified atom stereocenters. The number of ether oxygens (including phenoxy) is 2. The van der Waals surface area contributed by atoms with Crippen molar-refractivity contribution in [2.45, 2.75) is 64.9 Å². The molecule has 0 spiro atoms. The highest BCUT2D eigenvalue weighted by Crippen LogP contribution is 2.27. The first-order valence-electron chi connectivity index (χ1n) is 11.5. The van der Waals surface area contributed by atoms with Crippen LogP contribution in [0.25, 0.3) is 10.4 Å². The minimum atomic E-state index is -2.81. The number of piperazine rings is 1. The summed E-state index contributed by atoms with van der Waals surface area (Å²) in [5.74, 6) is 1.99. The van der Waals surface area contributed by atoms with Crippen LogP contribution in [0.4, 0.5) is 5.69 Å². The van der Waals surface area contributed by atoms with E-state index in [1.807, 2.05) is 11.0 Å². The maximum atomic E-state index is 13.6. The van der Waals surface area contributed by atoms with E-state index >= 15 is 0 Å². The number of esters is 2. The van der Waals surface area contributed by atoms with E-state index in [9.17, 15) is 14.4 Å². The molecule has 12 nitrogen and oxygen atoms in total. The van der Waals surface area contributed by atoms with Gasteiger partial charge in [-0.1, -0.05) is 23.3 Å². The minimum Gasteiger partial charge on any atom is -0.457 e. The Balaban J connectivity index is 2.26. The van der Waals surface area contributed by atoms with Crippen LogP contribution in [-0.2, 0) is 35.2 Å². The zero-order valence-corrected chi connectivity index (χ0v) is 21.7. The molecule has 36 heavy (non-hydrogen) atoms. The summed E-state index contributed by atoms with van der Waals surface area (Å²) in [6.45, 7) is 15.1. The molecule has 0 saturated carbocycles. The van der Waals surface area contributed by atoms with Crippen molar-refractivity contribution in [2.24, 2.45) is 11.0 Å². The summed E-state index contributed by atoms with van der Waals surface area (Å²) in [6, 6.07) is 5.29. The predicted octanol–water partition coefficient (Wildman–Crippen LogP) is 2.77. The van der Waals surface area contributed by atoms with E-state index in [1.165, 1.54) is 4.90 Å². The molecule has 1 amide bonds. The van der Waals surface area contributed by atoms with Gasteiger partial charge in [0.15, 0.2) is 0 Å². The Bertz CT molecular complexity index is 1000. The molecule has 2 rings (SSSR count). The second-order valence-electron chi connectivity index (χ2n) is 10.5. The largest absolute Gasteiger partial charge is 0.457 e. The van der Waals surface area contributed by atoms with Crippen LogP contribution in [0.2, 0.25) is 0 Å². The third-order valence-electron chi connectivity index (χ3n) is 5.20. The number of nitrogens with two attached hydrogens (primary N) is 1. The average molecular weight is 504 g/mol. The maximum absolute atomic E-state index is 13.6. The first kappa shape index (κ1) is 29.1. The molecule has 0 aliphatic carbocycles. The summed E-state index contributed by atoms with van der Waals surface area (Å²) >= 11 is 0. The van der Waals surface area contributed by atoms with Crippen LogP contribution in [0.1, 0.15) is 52.7 Å². The summed E-state index contributed by atoms with van der Waals surface area (Å²) in [5.41, 5.74) is 6.05. The van der Waals surface area contributed by atoms with E-state index in [-0.39, 0.29) is 13.1 Å². The SMILES string of the molecule is [CH2]c1ccc(N=[N+]=[N-])c(CN2CCN(C(=O)C(ON)(C(=O)OC(C)(C)C)C(=O)OC(C)(C)C)CC2)c1. The molecule has 0 atom stereocenters. The Kier molecular flexibility index (Phi) is 9.08. The van der Waals surface area contributed by atoms with Crippen LogP contribution in [0, 0.1) is 6.92 Å². The molecule has 1 aromatic rings. The van der Waals surface area contributed by atoms with Crippen molar-refractivity contribution in [3.8, 4) is 0 Å². The van der Waals surface area contributed by atoms with Gasteiger partial charge in [-0.3, -0.25) is 14.5 Å². The van der Waals surface area contributed by atoms with Gasteiger partial charge >= 0.3 is 17.5 Å². The minimum absolute atomic E-state index is 0.177. The maximum Gasteiger partial charge on any atom is 0.363 e. The highest BCUT2D eigenvalue weighted by atomic mass is 16.7. The molecule has 1 aliphatic rings. The standard InChI is InChI=1S/C24H35N6O6/c1-16-8-9-18(27-28-25)17(14-16)15-29-10-12-30(13-11-29)19(31)24(36-26,20(32)34-22(2,3)4)21(33)35-23(5,6)7/h8-9,14H,1,10-13,15,26H2,2-7H3. The lowest BCUT2D eigenvalue weighted by Crippen LogP contribution is -2.66. The van der Waals surface area contributed by atoms with E-state index in [2.05, 4.69) is 16.9 Å². The van der Waals surface area contributed by atoms with Crippen LogP contribution in [-0.4, -0.2) is 70.6 Å². The van der Waals surface area contributed by atoms with Gasteiger partial charge in [-0.25, -0.2) is 15.5 Å². The quantitative estimate of drug-likeness (QED) is 0.148. The lowest BCUT2D eigenvalue weighted by Gasteiger charge is -2.39. The number of carbonyl (C=O) groups excluding carboxylic acids is 3. The van der Waals surface area contributed by atoms with E-state index in [0.29, 0.717) is 25.3 Å². The normalized spacial score (nSPS) is 15.2. The molecule has 1 radical (unpaired) electrons. The van der Waals surface area contributed by atoms with E-state index < -0.39 is 34.6 Å². The summed E-state index contributed by atoms with van der Waals surface area (Å²) in [5, 5.41) is 3.73. The predicted molar refractivity (Wildman–Crippen MR) is 131 cm³/mol. The van der Waals surface area contributed by atoms with Crippen molar-refractivity contribution >= 4 is 23.5 Å². The Morgan fingerprint density at radius 2 is 1.56 bits per heavy atom. The van der Waals surface area contributed by atoms with Crippen molar-refractivity contribution in [3.63, 3.8) is 0 Å². The number of carbonyl (C=O) groups is 3. The first-order chi connectivity index (χ1) is 16.6. The summed E-state index contributed by atoms with van der Waals surface area (Å²) < 4.78 is 10.7. The molecule has 1 saturated heterocycles. The van der Waals surface area contributed by atoms with Crippen LogP contribution in [0.5, 0.6) is 0 Å². The monoisotopic (exact) mass is 503 g/mol. The molecule has 0 bridgehead atoms. The molecule has 197 valence electrons. The van der Waals surface area contributed by atoms with Crippen LogP contribution in [0.15, 0.2) is 23.3 Å². The van der Waals surface area contributed by atoms with Crippen LogP contribution < -0.4 is 5.90 Å². The molecule has 1 aliphatic heterocycles. The fourth-order valence-corrected chi connectivity index (χ4v) is 3.59. The zero-order valence-electron chi connectivity index (χ0n) is 21.7. The van der Waals surface area contributed by atoms with Gasteiger partial charge in [0.25, 0.3) is 5.91 Å². The van der Waals surface area contributed by atoms with Gasteiger partial charge in [-0.2, -0.15) is 0 Å². The van der Waals surface area contributed by atoms with Crippen molar-refractivity contribution in [1.82, 2.24) is 9.80 Å². The molecule has 0 aromatic heterocycles. The van der Waals surface area contributed by atoms with Gasteiger partial charge in [0.2, 0.25) is 0 Å². The lowest BCUT2D eigenvalue weighted by molar-refractivity contribution is -0.208. The fourth-order valence-electron chi connectivity index (χ4n) is 3.59. The van der Waals surface area contributed by atoms with Gasteiger partial charge in [0.1, 0.15) is 11.2 Å². The number of hydrogen-bond donors (Lipinski definition) is 1. The second kappa shape index (κ2) is 11.3. The third-order valence-corrected chi connectivity index (χ3v) is 5.20.